The third-order valence-corrected chi connectivity index (χ3v) is 4.85. The first-order valence-electron chi connectivity index (χ1n) is 9.70. The summed E-state index contributed by atoms with van der Waals surface area (Å²) in [6.45, 7) is 4.49. The lowest BCUT2D eigenvalue weighted by Crippen LogP contribution is -2.47. The minimum Gasteiger partial charge on any atom is -0.497 e. The van der Waals surface area contributed by atoms with Crippen LogP contribution in [0.4, 0.5) is 0 Å². The number of carbonyl (C=O) groups excluding carboxylic acids is 1. The van der Waals surface area contributed by atoms with E-state index in [4.69, 9.17) is 15.2 Å². The Hall–Kier alpha value is -1.75. The number of nitrogens with zero attached hydrogens (tertiary/aromatic N) is 2. The van der Waals surface area contributed by atoms with Crippen molar-refractivity contribution in [3.8, 4) is 11.5 Å². The van der Waals surface area contributed by atoms with Crippen LogP contribution in [0.5, 0.6) is 11.5 Å². The molecule has 0 radical (unpaired) electrons. The smallest absolute Gasteiger partial charge is 0.217 e. The Balaban J connectivity index is 0.00000420. The number of nitrogens with two attached hydrogens (primary N) is 1. The van der Waals surface area contributed by atoms with Crippen LogP contribution in [0.25, 0.3) is 0 Å². The molecule has 2 atom stereocenters. The van der Waals surface area contributed by atoms with Crippen LogP contribution in [0.15, 0.2) is 23.2 Å². The SMILES string of the molecule is CCNC(=NCC(O)c1cc(OC)ccc1OC)N1CCCC(CC(N)=O)C1.I. The van der Waals surface area contributed by atoms with E-state index in [1.54, 1.807) is 32.4 Å². The lowest BCUT2D eigenvalue weighted by atomic mass is 9.95. The zero-order valence-electron chi connectivity index (χ0n) is 17.4. The molecule has 0 bridgehead atoms. The maximum absolute atomic E-state index is 11.3. The van der Waals surface area contributed by atoms with Gasteiger partial charge in [-0.15, -0.1) is 24.0 Å². The highest BCUT2D eigenvalue weighted by Gasteiger charge is 2.24. The number of guanidine groups is 1. The van der Waals surface area contributed by atoms with Crippen LogP contribution in [-0.2, 0) is 4.79 Å². The summed E-state index contributed by atoms with van der Waals surface area (Å²) in [6.07, 6.45) is 1.53. The van der Waals surface area contributed by atoms with Crippen molar-refractivity contribution in [2.45, 2.75) is 32.3 Å². The fourth-order valence-corrected chi connectivity index (χ4v) is 3.51. The molecule has 1 fully saturated rings. The van der Waals surface area contributed by atoms with Crippen LogP contribution in [0, 0.1) is 5.92 Å². The molecule has 0 saturated carbocycles. The second-order valence-electron chi connectivity index (χ2n) is 6.94. The number of ether oxygens (including phenoxy) is 2. The Morgan fingerprint density at radius 2 is 2.17 bits per heavy atom. The molecule has 0 spiro atoms. The van der Waals surface area contributed by atoms with Crippen molar-refractivity contribution in [3.05, 3.63) is 23.8 Å². The van der Waals surface area contributed by atoms with Gasteiger partial charge in [0.2, 0.25) is 5.91 Å². The van der Waals surface area contributed by atoms with Crippen LogP contribution in [0.1, 0.15) is 37.9 Å². The molecule has 1 amide bonds. The van der Waals surface area contributed by atoms with Crippen molar-refractivity contribution in [2.75, 3.05) is 40.4 Å². The molecule has 29 heavy (non-hydrogen) atoms. The van der Waals surface area contributed by atoms with Gasteiger partial charge < -0.3 is 30.5 Å². The van der Waals surface area contributed by atoms with E-state index in [-0.39, 0.29) is 42.3 Å². The van der Waals surface area contributed by atoms with Crippen molar-refractivity contribution in [1.29, 1.82) is 0 Å². The lowest BCUT2D eigenvalue weighted by Gasteiger charge is -2.34. The lowest BCUT2D eigenvalue weighted by molar-refractivity contribution is -0.119. The molecule has 1 aromatic carbocycles. The summed E-state index contributed by atoms with van der Waals surface area (Å²) in [5.74, 6) is 1.94. The molecule has 0 aromatic heterocycles. The molecule has 0 aliphatic carbocycles. The van der Waals surface area contributed by atoms with Crippen molar-refractivity contribution >= 4 is 35.8 Å². The van der Waals surface area contributed by atoms with Crippen molar-refractivity contribution in [1.82, 2.24) is 10.2 Å². The standard InChI is InChI=1S/C20H32N4O4.HI/c1-4-22-20(24-9-5-6-14(13-24)10-19(21)26)23-12-17(25)16-11-15(27-2)7-8-18(16)28-3;/h7-8,11,14,17,25H,4-6,9-10,12-13H2,1-3H3,(H2,21,26)(H,22,23);1H. The summed E-state index contributed by atoms with van der Waals surface area (Å²) in [6, 6.07) is 5.32. The quantitative estimate of drug-likeness (QED) is 0.275. The average Bonchev–Trinajstić information content (AvgIpc) is 2.70. The number of methoxy groups -OCH3 is 2. The molecule has 1 aliphatic rings. The summed E-state index contributed by atoms with van der Waals surface area (Å²) < 4.78 is 10.6. The fraction of sp³-hybridized carbons (Fsp3) is 0.600. The number of primary amides is 1. The monoisotopic (exact) mass is 520 g/mol. The van der Waals surface area contributed by atoms with Crippen LogP contribution >= 0.6 is 24.0 Å². The Bertz CT molecular complexity index is 686. The first-order chi connectivity index (χ1) is 13.5. The fourth-order valence-electron chi connectivity index (χ4n) is 3.51. The molecule has 1 aliphatic heterocycles. The number of nitrogens with one attached hydrogen (secondary N) is 1. The van der Waals surface area contributed by atoms with Gasteiger partial charge in [-0.05, 0) is 43.9 Å². The average molecular weight is 520 g/mol. The molecule has 1 heterocycles. The third-order valence-electron chi connectivity index (χ3n) is 4.85. The van der Waals surface area contributed by atoms with Gasteiger partial charge >= 0.3 is 0 Å². The number of aliphatic hydroxyl groups is 1. The van der Waals surface area contributed by atoms with E-state index >= 15 is 0 Å². The first kappa shape index (κ1) is 25.3. The van der Waals surface area contributed by atoms with E-state index < -0.39 is 6.10 Å². The maximum Gasteiger partial charge on any atom is 0.217 e. The van der Waals surface area contributed by atoms with Crippen LogP contribution in [0.2, 0.25) is 0 Å². The van der Waals surface area contributed by atoms with E-state index in [0.29, 0.717) is 30.0 Å². The molecule has 2 rings (SSSR count). The number of rotatable bonds is 8. The van der Waals surface area contributed by atoms with Gasteiger partial charge in [0.05, 0.1) is 20.8 Å². The predicted octanol–water partition coefficient (Wildman–Crippen LogP) is 1.91. The number of likely N-dealkylation sites (tertiary alicyclic amines) is 1. The Morgan fingerprint density at radius 1 is 1.41 bits per heavy atom. The number of benzene rings is 1. The highest BCUT2D eigenvalue weighted by atomic mass is 127. The zero-order valence-corrected chi connectivity index (χ0v) is 19.7. The van der Waals surface area contributed by atoms with Gasteiger partial charge in [-0.25, -0.2) is 0 Å². The maximum atomic E-state index is 11.3. The third kappa shape index (κ3) is 7.54. The van der Waals surface area contributed by atoms with Gasteiger partial charge in [0.25, 0.3) is 0 Å². The van der Waals surface area contributed by atoms with Gasteiger partial charge in [-0.1, -0.05) is 0 Å². The summed E-state index contributed by atoms with van der Waals surface area (Å²) in [5.41, 5.74) is 5.99. The van der Waals surface area contributed by atoms with E-state index in [9.17, 15) is 9.90 Å². The van der Waals surface area contributed by atoms with Gasteiger partial charge in [0, 0.05) is 31.6 Å². The molecular weight excluding hydrogens is 487 g/mol. The van der Waals surface area contributed by atoms with Gasteiger partial charge in [-0.3, -0.25) is 9.79 Å². The van der Waals surface area contributed by atoms with E-state index in [1.807, 2.05) is 6.92 Å². The van der Waals surface area contributed by atoms with E-state index in [0.717, 1.165) is 31.9 Å². The number of halogens is 1. The molecule has 164 valence electrons. The summed E-state index contributed by atoms with van der Waals surface area (Å²) in [7, 11) is 3.15. The van der Waals surface area contributed by atoms with Crippen molar-refractivity contribution in [2.24, 2.45) is 16.6 Å². The minimum atomic E-state index is -0.829. The number of amides is 1. The van der Waals surface area contributed by atoms with Gasteiger partial charge in [-0.2, -0.15) is 0 Å². The van der Waals surface area contributed by atoms with Gasteiger partial charge in [0.1, 0.15) is 17.6 Å². The number of carbonyl (C=O) groups is 1. The second kappa shape index (κ2) is 12.7. The highest BCUT2D eigenvalue weighted by Crippen LogP contribution is 2.29. The molecular formula is C20H33IN4O4. The minimum absolute atomic E-state index is 0. The number of hydrogen-bond acceptors (Lipinski definition) is 5. The summed E-state index contributed by atoms with van der Waals surface area (Å²) in [4.78, 5) is 18.0. The molecule has 2 unspecified atom stereocenters. The van der Waals surface area contributed by atoms with Gasteiger partial charge in [0.15, 0.2) is 5.96 Å². The Kier molecular flexibility index (Phi) is 11.1. The van der Waals surface area contributed by atoms with Crippen molar-refractivity contribution < 1.29 is 19.4 Å². The van der Waals surface area contributed by atoms with Crippen LogP contribution < -0.4 is 20.5 Å². The first-order valence-corrected chi connectivity index (χ1v) is 9.70. The largest absolute Gasteiger partial charge is 0.497 e. The Morgan fingerprint density at radius 3 is 2.79 bits per heavy atom. The zero-order chi connectivity index (χ0) is 20.5. The van der Waals surface area contributed by atoms with Crippen molar-refractivity contribution in [3.63, 3.8) is 0 Å². The topological polar surface area (TPSA) is 109 Å². The van der Waals surface area contributed by atoms with E-state index in [1.165, 1.54) is 0 Å². The molecule has 1 saturated heterocycles. The number of hydrogen-bond donors (Lipinski definition) is 3. The second-order valence-corrected chi connectivity index (χ2v) is 6.94. The molecule has 1 aromatic rings. The van der Waals surface area contributed by atoms with Crippen LogP contribution in [-0.4, -0.2) is 62.3 Å². The summed E-state index contributed by atoms with van der Waals surface area (Å²) >= 11 is 0. The number of aliphatic hydroxyl groups excluding tert-OH is 1. The van der Waals surface area contributed by atoms with Crippen LogP contribution in [0.3, 0.4) is 0 Å². The Labute approximate surface area is 189 Å². The van der Waals surface area contributed by atoms with E-state index in [2.05, 4.69) is 15.2 Å². The number of piperidine rings is 1. The molecule has 8 nitrogen and oxygen atoms in total. The normalized spacial score (nSPS) is 17.9. The summed E-state index contributed by atoms with van der Waals surface area (Å²) in [5, 5.41) is 14.0. The molecule has 9 heteroatoms. The highest BCUT2D eigenvalue weighted by molar-refractivity contribution is 14.0. The number of aliphatic imine (C=N–C) groups is 1. The predicted molar refractivity (Wildman–Crippen MR) is 124 cm³/mol. The molecule has 4 N–H and O–H groups in total.